The molecular weight excluding hydrogens is 462 g/mol. The number of hydrogen-bond donors (Lipinski definition) is 0. The number of hydrogen-bond acceptors (Lipinski definition) is 10. The smallest absolute Gasteiger partial charge is 0.318 e. The molecule has 1 aliphatic rings. The van der Waals surface area contributed by atoms with Crippen molar-refractivity contribution in [1.29, 1.82) is 0 Å². The number of methoxy groups -OCH3 is 1. The Labute approximate surface area is 197 Å². The molecule has 4 rings (SSSR count). The number of nitro benzene ring substituents is 2. The van der Waals surface area contributed by atoms with Crippen molar-refractivity contribution in [3.05, 3.63) is 92.3 Å². The Morgan fingerprint density at radius 1 is 1.06 bits per heavy atom. The van der Waals surface area contributed by atoms with E-state index < -0.39 is 27.4 Å². The van der Waals surface area contributed by atoms with E-state index in [1.165, 1.54) is 31.2 Å². The fourth-order valence-electron chi connectivity index (χ4n) is 3.28. The van der Waals surface area contributed by atoms with Gasteiger partial charge in [0.1, 0.15) is 0 Å². The number of amides is 1. The fraction of sp³-hybridized carbons (Fsp3) is 0.136. The van der Waals surface area contributed by atoms with Gasteiger partial charge in [0, 0.05) is 30.9 Å². The molecule has 1 unspecified atom stereocenters. The fourth-order valence-corrected chi connectivity index (χ4v) is 3.28. The molecule has 0 saturated carbocycles. The number of rotatable bonds is 7. The molecule has 0 radical (unpaired) electrons. The van der Waals surface area contributed by atoms with Crippen molar-refractivity contribution in [3.63, 3.8) is 0 Å². The first-order chi connectivity index (χ1) is 16.8. The minimum Gasteiger partial charge on any atom is -0.493 e. The summed E-state index contributed by atoms with van der Waals surface area (Å²) < 4.78 is 17.0. The number of non-ortho nitro benzene ring substituents is 1. The number of aromatic nitrogens is 1. The Morgan fingerprint density at radius 2 is 1.83 bits per heavy atom. The maximum Gasteiger partial charge on any atom is 0.318 e. The Balaban J connectivity index is 1.65. The molecular formula is C22H17N5O8. The Kier molecular flexibility index (Phi) is 6.22. The largest absolute Gasteiger partial charge is 0.493 e. The number of nitro groups is 2. The van der Waals surface area contributed by atoms with Gasteiger partial charge < -0.3 is 14.2 Å². The van der Waals surface area contributed by atoms with Crippen LogP contribution in [0, 0.1) is 20.2 Å². The van der Waals surface area contributed by atoms with Gasteiger partial charge in [0.2, 0.25) is 23.8 Å². The summed E-state index contributed by atoms with van der Waals surface area (Å²) in [6, 6.07) is 11.1. The zero-order chi connectivity index (χ0) is 25.1. The Morgan fingerprint density at radius 3 is 2.46 bits per heavy atom. The van der Waals surface area contributed by atoms with Crippen LogP contribution in [0.15, 0.2) is 66.0 Å². The Hall–Kier alpha value is -5.07. The van der Waals surface area contributed by atoms with Crippen molar-refractivity contribution in [2.45, 2.75) is 13.2 Å². The molecule has 1 aromatic heterocycles. The predicted octanol–water partition coefficient (Wildman–Crippen LogP) is 3.94. The zero-order valence-electron chi connectivity index (χ0n) is 18.4. The van der Waals surface area contributed by atoms with Gasteiger partial charge in [-0.3, -0.25) is 30.0 Å². The normalized spacial score (nSPS) is 14.6. The van der Waals surface area contributed by atoms with E-state index in [-0.39, 0.29) is 29.1 Å². The van der Waals surface area contributed by atoms with Gasteiger partial charge in [0.05, 0.1) is 28.6 Å². The first kappa shape index (κ1) is 23.1. The highest BCUT2D eigenvalue weighted by atomic mass is 16.6. The summed E-state index contributed by atoms with van der Waals surface area (Å²) in [7, 11) is 1.37. The molecule has 0 aliphatic carbocycles. The lowest BCUT2D eigenvalue weighted by Crippen LogP contribution is -2.25. The third-order valence-electron chi connectivity index (χ3n) is 4.92. The third-order valence-corrected chi connectivity index (χ3v) is 4.92. The predicted molar refractivity (Wildman–Crippen MR) is 120 cm³/mol. The number of pyridine rings is 1. The first-order valence-electron chi connectivity index (χ1n) is 10.0. The standard InChI is InChI=1S/C22H17N5O8/c1-13(28)25-22(35-21(24-25)15-4-3-9-23-12-15)14-5-7-19(20(10-14)33-2)34-18-8-6-16(26(29)30)11-17(18)27(31)32/h3-12,22H,1-2H3. The van der Waals surface area contributed by atoms with Crippen LogP contribution in [0.3, 0.4) is 0 Å². The molecule has 2 aromatic carbocycles. The molecule has 178 valence electrons. The van der Waals surface area contributed by atoms with Gasteiger partial charge >= 0.3 is 5.69 Å². The molecule has 3 aromatic rings. The van der Waals surface area contributed by atoms with Gasteiger partial charge in [-0.1, -0.05) is 0 Å². The van der Waals surface area contributed by atoms with Crippen LogP contribution in [0.25, 0.3) is 0 Å². The average Bonchev–Trinajstić information content (AvgIpc) is 3.31. The lowest BCUT2D eigenvalue weighted by Gasteiger charge is -2.20. The van der Waals surface area contributed by atoms with Crippen molar-refractivity contribution in [2.75, 3.05) is 7.11 Å². The minimum atomic E-state index is -0.903. The van der Waals surface area contributed by atoms with Gasteiger partial charge in [-0.15, -0.1) is 5.10 Å². The van der Waals surface area contributed by atoms with E-state index in [9.17, 15) is 25.0 Å². The highest BCUT2D eigenvalue weighted by Crippen LogP contribution is 2.40. The summed E-state index contributed by atoms with van der Waals surface area (Å²) in [5.74, 6) is -0.0869. The van der Waals surface area contributed by atoms with Gasteiger partial charge in [-0.05, 0) is 36.4 Å². The number of carbonyl (C=O) groups excluding carboxylic acids is 1. The second kappa shape index (κ2) is 9.43. The average molecular weight is 479 g/mol. The molecule has 0 spiro atoms. The molecule has 0 bridgehead atoms. The second-order valence-corrected chi connectivity index (χ2v) is 7.16. The highest BCUT2D eigenvalue weighted by Gasteiger charge is 2.34. The second-order valence-electron chi connectivity index (χ2n) is 7.16. The van der Waals surface area contributed by atoms with Gasteiger partial charge in [-0.2, -0.15) is 5.01 Å². The molecule has 0 N–H and O–H groups in total. The van der Waals surface area contributed by atoms with Gasteiger partial charge in [0.15, 0.2) is 11.5 Å². The van der Waals surface area contributed by atoms with Crippen LogP contribution in [0.4, 0.5) is 11.4 Å². The summed E-state index contributed by atoms with van der Waals surface area (Å²) in [6.07, 6.45) is 2.24. The van der Waals surface area contributed by atoms with E-state index >= 15 is 0 Å². The molecule has 0 fully saturated rings. The maximum absolute atomic E-state index is 12.2. The molecule has 2 heterocycles. The molecule has 1 amide bonds. The number of benzene rings is 2. The monoisotopic (exact) mass is 479 g/mol. The summed E-state index contributed by atoms with van der Waals surface area (Å²) >= 11 is 0. The van der Waals surface area contributed by atoms with E-state index in [4.69, 9.17) is 14.2 Å². The quantitative estimate of drug-likeness (QED) is 0.361. The summed E-state index contributed by atoms with van der Waals surface area (Å²) in [5.41, 5.74) is 0.0455. The van der Waals surface area contributed by atoms with Crippen LogP contribution < -0.4 is 9.47 Å². The van der Waals surface area contributed by atoms with Crippen LogP contribution in [0.1, 0.15) is 24.3 Å². The lowest BCUT2D eigenvalue weighted by molar-refractivity contribution is -0.394. The van der Waals surface area contributed by atoms with E-state index in [1.807, 2.05) is 0 Å². The third kappa shape index (κ3) is 4.68. The van der Waals surface area contributed by atoms with Crippen molar-refractivity contribution < 1.29 is 28.9 Å². The SMILES string of the molecule is COc1cc(C2OC(c3cccnc3)=NN2C(C)=O)ccc1Oc1ccc([N+](=O)[O-])cc1[N+](=O)[O-]. The molecule has 13 heteroatoms. The first-order valence-corrected chi connectivity index (χ1v) is 10.0. The lowest BCUT2D eigenvalue weighted by atomic mass is 10.1. The molecule has 1 atom stereocenters. The zero-order valence-corrected chi connectivity index (χ0v) is 18.4. The topological polar surface area (TPSA) is 160 Å². The molecule has 0 saturated heterocycles. The Bertz CT molecular complexity index is 1340. The number of hydrazone groups is 1. The number of carbonyl (C=O) groups is 1. The van der Waals surface area contributed by atoms with Crippen LogP contribution in [0.5, 0.6) is 17.2 Å². The van der Waals surface area contributed by atoms with Gasteiger partial charge in [-0.25, -0.2) is 0 Å². The summed E-state index contributed by atoms with van der Waals surface area (Å²) in [6.45, 7) is 1.34. The van der Waals surface area contributed by atoms with E-state index in [0.717, 1.165) is 18.2 Å². The van der Waals surface area contributed by atoms with Crippen LogP contribution in [-0.2, 0) is 9.53 Å². The summed E-state index contributed by atoms with van der Waals surface area (Å²) in [5, 5.41) is 27.8. The van der Waals surface area contributed by atoms with Crippen LogP contribution in [-0.4, -0.2) is 38.8 Å². The summed E-state index contributed by atoms with van der Waals surface area (Å²) in [4.78, 5) is 37.1. The van der Waals surface area contributed by atoms with E-state index in [0.29, 0.717) is 11.1 Å². The van der Waals surface area contributed by atoms with Crippen molar-refractivity contribution >= 4 is 23.2 Å². The van der Waals surface area contributed by atoms with Crippen LogP contribution in [0.2, 0.25) is 0 Å². The maximum atomic E-state index is 12.2. The van der Waals surface area contributed by atoms with E-state index in [2.05, 4.69) is 10.1 Å². The van der Waals surface area contributed by atoms with Gasteiger partial charge in [0.25, 0.3) is 5.69 Å². The molecule has 1 aliphatic heterocycles. The number of ether oxygens (including phenoxy) is 3. The highest BCUT2D eigenvalue weighted by molar-refractivity contribution is 5.96. The van der Waals surface area contributed by atoms with E-state index in [1.54, 1.807) is 30.6 Å². The van der Waals surface area contributed by atoms with Crippen LogP contribution >= 0.6 is 0 Å². The molecule has 13 nitrogen and oxygen atoms in total. The molecule has 35 heavy (non-hydrogen) atoms. The van der Waals surface area contributed by atoms with Crippen molar-refractivity contribution in [2.24, 2.45) is 5.10 Å². The van der Waals surface area contributed by atoms with Crippen molar-refractivity contribution in [3.8, 4) is 17.2 Å². The minimum absolute atomic E-state index is 0.106. The van der Waals surface area contributed by atoms with Crippen molar-refractivity contribution in [1.82, 2.24) is 9.99 Å². The number of nitrogens with zero attached hydrogens (tertiary/aromatic N) is 5.